The lowest BCUT2D eigenvalue weighted by Crippen LogP contribution is -2.51. The van der Waals surface area contributed by atoms with Crippen LogP contribution in [0.4, 0.5) is 0 Å². The highest BCUT2D eigenvalue weighted by Crippen LogP contribution is 2.49. The minimum atomic E-state index is -0.442. The van der Waals surface area contributed by atoms with Crippen LogP contribution < -0.4 is 9.47 Å². The van der Waals surface area contributed by atoms with Gasteiger partial charge < -0.3 is 19.3 Å². The average Bonchev–Trinajstić information content (AvgIpc) is 2.87. The molecule has 2 aromatic carbocycles. The van der Waals surface area contributed by atoms with Gasteiger partial charge in [-0.25, -0.2) is 0 Å². The second-order valence-electron chi connectivity index (χ2n) is 9.41. The molecule has 0 aromatic heterocycles. The molecule has 0 bridgehead atoms. The Balaban J connectivity index is 1.64. The van der Waals surface area contributed by atoms with E-state index in [1.165, 1.54) is 6.42 Å². The highest BCUT2D eigenvalue weighted by molar-refractivity contribution is 6.01. The van der Waals surface area contributed by atoms with Crippen molar-refractivity contribution in [1.29, 1.82) is 0 Å². The number of amides is 2. The number of fused-ring (bicyclic) bond motifs is 4. The summed E-state index contributed by atoms with van der Waals surface area (Å²) in [5, 5.41) is 0. The van der Waals surface area contributed by atoms with Crippen LogP contribution in [0.5, 0.6) is 11.5 Å². The lowest BCUT2D eigenvalue weighted by molar-refractivity contribution is -0.136. The average molecular weight is 449 g/mol. The van der Waals surface area contributed by atoms with Gasteiger partial charge in [0, 0.05) is 25.2 Å². The summed E-state index contributed by atoms with van der Waals surface area (Å²) in [7, 11) is 5.19. The van der Waals surface area contributed by atoms with Crippen molar-refractivity contribution in [2.75, 3.05) is 27.8 Å². The predicted octanol–water partition coefficient (Wildman–Crippen LogP) is 4.33. The third-order valence-electron chi connectivity index (χ3n) is 7.76. The molecule has 2 heterocycles. The van der Waals surface area contributed by atoms with Crippen molar-refractivity contribution in [3.8, 4) is 11.5 Å². The van der Waals surface area contributed by atoms with E-state index in [9.17, 15) is 9.59 Å². The molecule has 2 aliphatic heterocycles. The molecule has 3 aliphatic rings. The summed E-state index contributed by atoms with van der Waals surface area (Å²) in [5.41, 5.74) is 3.57. The lowest BCUT2D eigenvalue weighted by Gasteiger charge is -2.47. The van der Waals surface area contributed by atoms with Crippen molar-refractivity contribution in [3.05, 3.63) is 58.7 Å². The number of rotatable bonds is 4. The molecule has 1 aliphatic carbocycles. The Morgan fingerprint density at radius 1 is 1.00 bits per heavy atom. The summed E-state index contributed by atoms with van der Waals surface area (Å²) < 4.78 is 11.1. The van der Waals surface area contributed by atoms with Crippen LogP contribution in [0, 0.1) is 0 Å². The largest absolute Gasteiger partial charge is 0.493 e. The Labute approximate surface area is 195 Å². The zero-order valence-corrected chi connectivity index (χ0v) is 19.7. The molecule has 174 valence electrons. The number of hydrogen-bond acceptors (Lipinski definition) is 4. The Morgan fingerprint density at radius 2 is 1.70 bits per heavy atom. The van der Waals surface area contributed by atoms with Crippen LogP contribution in [-0.2, 0) is 11.2 Å². The first-order chi connectivity index (χ1) is 16.0. The van der Waals surface area contributed by atoms with E-state index in [0.29, 0.717) is 23.6 Å². The molecule has 6 heteroatoms. The van der Waals surface area contributed by atoms with E-state index in [2.05, 4.69) is 0 Å². The van der Waals surface area contributed by atoms with Gasteiger partial charge >= 0.3 is 0 Å². The molecule has 0 radical (unpaired) electrons. The molecule has 5 rings (SSSR count). The molecule has 2 aromatic rings. The minimum absolute atomic E-state index is 0.000374. The second kappa shape index (κ2) is 8.73. The van der Waals surface area contributed by atoms with E-state index in [1.807, 2.05) is 53.2 Å². The summed E-state index contributed by atoms with van der Waals surface area (Å²) in [4.78, 5) is 31.5. The summed E-state index contributed by atoms with van der Waals surface area (Å²) in [6, 6.07) is 11.5. The van der Waals surface area contributed by atoms with Gasteiger partial charge in [0.15, 0.2) is 11.5 Å². The van der Waals surface area contributed by atoms with Gasteiger partial charge in [-0.05, 0) is 54.2 Å². The Morgan fingerprint density at radius 3 is 2.42 bits per heavy atom. The van der Waals surface area contributed by atoms with Gasteiger partial charge in [0.25, 0.3) is 5.91 Å². The van der Waals surface area contributed by atoms with Gasteiger partial charge in [-0.3, -0.25) is 9.59 Å². The van der Waals surface area contributed by atoms with Crippen LogP contribution in [0.15, 0.2) is 36.4 Å². The third-order valence-corrected chi connectivity index (χ3v) is 7.76. The zero-order valence-electron chi connectivity index (χ0n) is 19.7. The van der Waals surface area contributed by atoms with Crippen molar-refractivity contribution in [2.45, 2.75) is 56.5 Å². The molecule has 1 fully saturated rings. The first-order valence-corrected chi connectivity index (χ1v) is 12.0. The smallest absolute Gasteiger partial charge is 0.254 e. The van der Waals surface area contributed by atoms with E-state index in [-0.39, 0.29) is 23.9 Å². The van der Waals surface area contributed by atoms with Crippen LogP contribution >= 0.6 is 0 Å². The number of carbonyl (C=O) groups is 2. The normalized spacial score (nSPS) is 22.2. The topological polar surface area (TPSA) is 59.1 Å². The van der Waals surface area contributed by atoms with Gasteiger partial charge in [0.2, 0.25) is 5.91 Å². The number of nitrogens with zero attached hydrogens (tertiary/aromatic N) is 2. The monoisotopic (exact) mass is 448 g/mol. The van der Waals surface area contributed by atoms with Crippen molar-refractivity contribution >= 4 is 11.8 Å². The maximum absolute atomic E-state index is 14.1. The third kappa shape index (κ3) is 3.56. The van der Waals surface area contributed by atoms with E-state index in [4.69, 9.17) is 9.47 Å². The van der Waals surface area contributed by atoms with E-state index >= 15 is 0 Å². The highest BCUT2D eigenvalue weighted by Gasteiger charge is 2.48. The van der Waals surface area contributed by atoms with Crippen LogP contribution in [0.2, 0.25) is 0 Å². The van der Waals surface area contributed by atoms with Gasteiger partial charge in [-0.15, -0.1) is 0 Å². The van der Waals surface area contributed by atoms with E-state index in [0.717, 1.165) is 48.8 Å². The molecule has 2 atom stereocenters. The van der Waals surface area contributed by atoms with Crippen molar-refractivity contribution in [3.63, 3.8) is 0 Å². The number of hydrogen-bond donors (Lipinski definition) is 0. The van der Waals surface area contributed by atoms with E-state index < -0.39 is 5.92 Å². The van der Waals surface area contributed by atoms with Crippen LogP contribution in [0.25, 0.3) is 0 Å². The molecular weight excluding hydrogens is 416 g/mol. The Hall–Kier alpha value is -3.02. The number of likely N-dealkylation sites (N-methyl/N-ethyl adjacent to an activating group) is 1. The summed E-state index contributed by atoms with van der Waals surface area (Å²) in [6.45, 7) is 0.581. The molecular formula is C27H32N2O4. The molecule has 0 unspecified atom stereocenters. The lowest BCUT2D eigenvalue weighted by atomic mass is 9.75. The maximum Gasteiger partial charge on any atom is 0.254 e. The Kier molecular flexibility index (Phi) is 5.77. The minimum Gasteiger partial charge on any atom is -0.493 e. The number of carbonyl (C=O) groups excluding carboxylic acids is 2. The van der Waals surface area contributed by atoms with Crippen LogP contribution in [-0.4, -0.2) is 55.5 Å². The van der Waals surface area contributed by atoms with Gasteiger partial charge in [-0.2, -0.15) is 0 Å². The molecule has 2 amide bonds. The van der Waals surface area contributed by atoms with Crippen LogP contribution in [0.3, 0.4) is 0 Å². The standard InChI is InChI=1S/C27H32N2O4/c1-28(18-9-5-4-6-10-18)27(31)24-19-11-7-8-12-20(19)26(30)29-14-13-17-15-22(32-2)23(33-3)16-21(17)25(24)29/h7-8,11-12,15-16,18,24-25H,4-6,9-10,13-14H2,1-3H3/t24-,25+/m1/s1. The Bertz CT molecular complexity index is 1080. The first kappa shape index (κ1) is 21.8. The van der Waals surface area contributed by atoms with Gasteiger partial charge in [0.05, 0.1) is 26.2 Å². The molecule has 0 spiro atoms. The number of methoxy groups -OCH3 is 2. The van der Waals surface area contributed by atoms with Crippen molar-refractivity contribution in [2.24, 2.45) is 0 Å². The van der Waals surface area contributed by atoms with Gasteiger partial charge in [-0.1, -0.05) is 37.5 Å². The molecule has 1 saturated carbocycles. The maximum atomic E-state index is 14.1. The van der Waals surface area contributed by atoms with Crippen molar-refractivity contribution in [1.82, 2.24) is 9.80 Å². The quantitative estimate of drug-likeness (QED) is 0.699. The molecule has 0 N–H and O–H groups in total. The van der Waals surface area contributed by atoms with Gasteiger partial charge in [0.1, 0.15) is 0 Å². The van der Waals surface area contributed by atoms with Crippen molar-refractivity contribution < 1.29 is 19.1 Å². The van der Waals surface area contributed by atoms with Crippen LogP contribution in [0.1, 0.15) is 71.1 Å². The first-order valence-electron chi connectivity index (χ1n) is 12.0. The summed E-state index contributed by atoms with van der Waals surface area (Å²) in [6.07, 6.45) is 6.38. The molecule has 33 heavy (non-hydrogen) atoms. The fourth-order valence-electron chi connectivity index (χ4n) is 5.99. The number of ether oxygens (including phenoxy) is 2. The highest BCUT2D eigenvalue weighted by atomic mass is 16.5. The predicted molar refractivity (Wildman–Crippen MR) is 126 cm³/mol. The summed E-state index contributed by atoms with van der Waals surface area (Å²) >= 11 is 0. The summed E-state index contributed by atoms with van der Waals surface area (Å²) in [5.74, 6) is 0.952. The number of benzene rings is 2. The SMILES string of the molecule is COc1cc2c(cc1OC)[C@H]1[C@H](C(=O)N(C)C3CCCCC3)c3ccccc3C(=O)N1CC2. The fraction of sp³-hybridized carbons (Fsp3) is 0.481. The zero-order chi connectivity index (χ0) is 23.1. The molecule has 6 nitrogen and oxygen atoms in total. The second-order valence-corrected chi connectivity index (χ2v) is 9.41. The van der Waals surface area contributed by atoms with E-state index in [1.54, 1.807) is 14.2 Å². The fourth-order valence-corrected chi connectivity index (χ4v) is 5.99. The molecule has 0 saturated heterocycles.